The smallest absolute Gasteiger partial charge is 0.271 e. The van der Waals surface area contributed by atoms with Crippen LogP contribution in [0.2, 0.25) is 0 Å². The van der Waals surface area contributed by atoms with E-state index in [1.807, 2.05) is 0 Å². The number of nitro groups is 1. The number of non-ortho nitro benzene ring substituents is 1. The Morgan fingerprint density at radius 1 is 1.57 bits per heavy atom. The Morgan fingerprint density at radius 3 is 2.71 bits per heavy atom. The number of alkyl halides is 1. The molecule has 4 nitrogen and oxygen atoms in total. The summed E-state index contributed by atoms with van der Waals surface area (Å²) in [5, 5.41) is 10.5. The highest BCUT2D eigenvalue weighted by Crippen LogP contribution is 2.22. The van der Waals surface area contributed by atoms with Gasteiger partial charge in [-0.25, -0.2) is 0 Å². The Bertz CT molecular complexity index is 341. The number of hydrogen-bond acceptors (Lipinski definition) is 3. The lowest BCUT2D eigenvalue weighted by Gasteiger charge is -2.21. The molecule has 1 atom stereocenters. The molecule has 1 unspecified atom stereocenters. The molecule has 1 rings (SSSR count). The largest absolute Gasteiger partial charge is 0.358 e. The minimum Gasteiger partial charge on any atom is -0.358 e. The van der Waals surface area contributed by atoms with Crippen molar-refractivity contribution in [3.8, 4) is 0 Å². The van der Waals surface area contributed by atoms with E-state index in [4.69, 9.17) is 11.6 Å². The van der Waals surface area contributed by atoms with Gasteiger partial charge in [-0.15, -0.1) is 0 Å². The summed E-state index contributed by atoms with van der Waals surface area (Å²) in [6.07, 6.45) is 0. The van der Waals surface area contributed by atoms with Crippen LogP contribution in [-0.2, 0) is 0 Å². The second kappa shape index (κ2) is 4.28. The van der Waals surface area contributed by atoms with Gasteiger partial charge in [0.1, 0.15) is 5.50 Å². The van der Waals surface area contributed by atoms with Crippen molar-refractivity contribution in [3.63, 3.8) is 0 Å². The summed E-state index contributed by atoms with van der Waals surface area (Å²) in [7, 11) is 1.79. The summed E-state index contributed by atoms with van der Waals surface area (Å²) in [5.41, 5.74) is 0.616. The van der Waals surface area contributed by atoms with E-state index in [1.54, 1.807) is 31.0 Å². The molecule has 0 aliphatic carbocycles. The SMILES string of the molecule is CC(Cl)N(C)c1cccc([N+](=O)[O-])c1. The topological polar surface area (TPSA) is 46.4 Å². The third-order valence-corrected chi connectivity index (χ3v) is 2.27. The van der Waals surface area contributed by atoms with E-state index in [9.17, 15) is 10.1 Å². The van der Waals surface area contributed by atoms with E-state index in [-0.39, 0.29) is 11.2 Å². The third-order valence-electron chi connectivity index (χ3n) is 1.98. The maximum atomic E-state index is 10.5. The van der Waals surface area contributed by atoms with Gasteiger partial charge in [0.2, 0.25) is 0 Å². The van der Waals surface area contributed by atoms with Gasteiger partial charge in [-0.1, -0.05) is 17.7 Å². The molecule has 1 aromatic carbocycles. The molecule has 0 spiro atoms. The normalized spacial score (nSPS) is 12.2. The summed E-state index contributed by atoms with van der Waals surface area (Å²) in [6.45, 7) is 1.81. The van der Waals surface area contributed by atoms with Crippen LogP contribution in [0.25, 0.3) is 0 Å². The minimum atomic E-state index is -0.420. The van der Waals surface area contributed by atoms with Crippen molar-refractivity contribution in [2.45, 2.75) is 12.4 Å². The van der Waals surface area contributed by atoms with Gasteiger partial charge in [-0.3, -0.25) is 10.1 Å². The first-order chi connectivity index (χ1) is 6.52. The van der Waals surface area contributed by atoms with Gasteiger partial charge in [-0.05, 0) is 13.0 Å². The molecule has 5 heteroatoms. The first kappa shape index (κ1) is 10.8. The zero-order valence-electron chi connectivity index (χ0n) is 7.98. The average molecular weight is 215 g/mol. The van der Waals surface area contributed by atoms with Gasteiger partial charge >= 0.3 is 0 Å². The van der Waals surface area contributed by atoms with Gasteiger partial charge in [0.25, 0.3) is 5.69 Å². The van der Waals surface area contributed by atoms with Crippen LogP contribution in [0.1, 0.15) is 6.92 Å². The highest BCUT2D eigenvalue weighted by Gasteiger charge is 2.10. The highest BCUT2D eigenvalue weighted by atomic mass is 35.5. The molecular weight excluding hydrogens is 204 g/mol. The predicted octanol–water partition coefficient (Wildman–Crippen LogP) is 2.62. The van der Waals surface area contributed by atoms with Crippen LogP contribution in [0.5, 0.6) is 0 Å². The number of rotatable bonds is 3. The van der Waals surface area contributed by atoms with E-state index < -0.39 is 4.92 Å². The second-order valence-electron chi connectivity index (χ2n) is 2.96. The fraction of sp³-hybridized carbons (Fsp3) is 0.333. The lowest BCUT2D eigenvalue weighted by molar-refractivity contribution is -0.384. The van der Waals surface area contributed by atoms with E-state index >= 15 is 0 Å². The quantitative estimate of drug-likeness (QED) is 0.336. The van der Waals surface area contributed by atoms with Crippen molar-refractivity contribution in [1.82, 2.24) is 0 Å². The van der Waals surface area contributed by atoms with Crippen LogP contribution in [0.3, 0.4) is 0 Å². The molecule has 0 aliphatic heterocycles. The van der Waals surface area contributed by atoms with Gasteiger partial charge in [0.15, 0.2) is 0 Å². The van der Waals surface area contributed by atoms with Gasteiger partial charge in [0.05, 0.1) is 4.92 Å². The third kappa shape index (κ3) is 2.35. The standard InChI is InChI=1S/C9H11ClN2O2/c1-7(10)11(2)8-4-3-5-9(6-8)12(13)14/h3-7H,1-2H3. The van der Waals surface area contributed by atoms with Crippen molar-refractivity contribution in [2.75, 3.05) is 11.9 Å². The van der Waals surface area contributed by atoms with E-state index in [0.717, 1.165) is 5.69 Å². The predicted molar refractivity (Wildman–Crippen MR) is 56.8 cm³/mol. The zero-order valence-corrected chi connectivity index (χ0v) is 8.73. The Balaban J connectivity index is 2.99. The fourth-order valence-electron chi connectivity index (χ4n) is 1.03. The maximum Gasteiger partial charge on any atom is 0.271 e. The molecule has 0 heterocycles. The van der Waals surface area contributed by atoms with Crippen molar-refractivity contribution in [2.24, 2.45) is 0 Å². The number of nitro benzene ring substituents is 1. The lowest BCUT2D eigenvalue weighted by Crippen LogP contribution is -2.23. The van der Waals surface area contributed by atoms with Crippen LogP contribution in [-0.4, -0.2) is 17.5 Å². The molecule has 0 fully saturated rings. The minimum absolute atomic E-state index is 0.0756. The Morgan fingerprint density at radius 2 is 2.21 bits per heavy atom. The average Bonchev–Trinajstić information content (AvgIpc) is 2.16. The van der Waals surface area contributed by atoms with Crippen molar-refractivity contribution in [3.05, 3.63) is 34.4 Å². The van der Waals surface area contributed by atoms with Crippen LogP contribution in [0, 0.1) is 10.1 Å². The van der Waals surface area contributed by atoms with E-state index in [2.05, 4.69) is 0 Å². The fourth-order valence-corrected chi connectivity index (χ4v) is 1.14. The number of anilines is 1. The summed E-state index contributed by atoms with van der Waals surface area (Å²) < 4.78 is 0. The lowest BCUT2D eigenvalue weighted by atomic mass is 10.2. The first-order valence-corrected chi connectivity index (χ1v) is 4.57. The van der Waals surface area contributed by atoms with E-state index in [0.29, 0.717) is 0 Å². The first-order valence-electron chi connectivity index (χ1n) is 4.13. The zero-order chi connectivity index (χ0) is 10.7. The summed E-state index contributed by atoms with van der Waals surface area (Å²) >= 11 is 5.85. The van der Waals surface area contributed by atoms with Crippen LogP contribution in [0.4, 0.5) is 11.4 Å². The molecular formula is C9H11ClN2O2. The molecule has 0 amide bonds. The van der Waals surface area contributed by atoms with Crippen molar-refractivity contribution in [1.29, 1.82) is 0 Å². The summed E-state index contributed by atoms with van der Waals surface area (Å²) in [4.78, 5) is 11.8. The Labute approximate surface area is 87.2 Å². The molecule has 0 bridgehead atoms. The summed E-state index contributed by atoms with van der Waals surface area (Å²) in [6, 6.07) is 6.38. The Hall–Kier alpha value is -1.29. The summed E-state index contributed by atoms with van der Waals surface area (Å²) in [5.74, 6) is 0. The molecule has 14 heavy (non-hydrogen) atoms. The van der Waals surface area contributed by atoms with Crippen molar-refractivity contribution >= 4 is 23.0 Å². The number of halogens is 1. The second-order valence-corrected chi connectivity index (χ2v) is 3.59. The monoisotopic (exact) mass is 214 g/mol. The molecule has 1 aromatic rings. The van der Waals surface area contributed by atoms with Crippen LogP contribution < -0.4 is 4.90 Å². The molecule has 76 valence electrons. The van der Waals surface area contributed by atoms with Crippen LogP contribution >= 0.6 is 11.6 Å². The maximum absolute atomic E-state index is 10.5. The van der Waals surface area contributed by atoms with Gasteiger partial charge in [-0.2, -0.15) is 0 Å². The van der Waals surface area contributed by atoms with Crippen LogP contribution in [0.15, 0.2) is 24.3 Å². The number of benzene rings is 1. The molecule has 0 saturated heterocycles. The highest BCUT2D eigenvalue weighted by molar-refractivity contribution is 6.21. The molecule has 0 N–H and O–H groups in total. The number of hydrogen-bond donors (Lipinski definition) is 0. The molecule has 0 saturated carbocycles. The molecule has 0 radical (unpaired) electrons. The molecule has 0 aliphatic rings. The van der Waals surface area contributed by atoms with E-state index in [1.165, 1.54) is 12.1 Å². The molecule has 0 aromatic heterocycles. The Kier molecular flexibility index (Phi) is 3.30. The number of nitrogens with zero attached hydrogens (tertiary/aromatic N) is 2. The van der Waals surface area contributed by atoms with Gasteiger partial charge in [0, 0.05) is 24.9 Å². The van der Waals surface area contributed by atoms with Crippen molar-refractivity contribution < 1.29 is 4.92 Å². The van der Waals surface area contributed by atoms with Gasteiger partial charge < -0.3 is 4.90 Å².